The van der Waals surface area contributed by atoms with Crippen molar-refractivity contribution in [2.24, 2.45) is 0 Å². The summed E-state index contributed by atoms with van der Waals surface area (Å²) >= 11 is 0. The fraction of sp³-hybridized carbons (Fsp3) is 0.531. The fourth-order valence-corrected chi connectivity index (χ4v) is 4.53. The summed E-state index contributed by atoms with van der Waals surface area (Å²) in [6.45, 7) is 14.9. The van der Waals surface area contributed by atoms with Crippen molar-refractivity contribution in [1.29, 1.82) is 0 Å². The zero-order valence-electron chi connectivity index (χ0n) is 25.7. The molecule has 0 saturated heterocycles. The second-order valence-corrected chi connectivity index (χ2v) is 12.1. The SMILES string of the molecule is CCCC(C)NC(=O)C(c1ccc(O)cc1)N(C(=O)C(Cc1ccc(O)cc1)NC(=O)OC(C)(C)C)C(C)(C)CC. The van der Waals surface area contributed by atoms with Gasteiger partial charge in [0.2, 0.25) is 11.8 Å². The minimum Gasteiger partial charge on any atom is -0.508 e. The number of phenolic OH excluding ortho intramolecular Hbond substituents is 2. The number of nitrogens with one attached hydrogen (secondary N) is 2. The fourth-order valence-electron chi connectivity index (χ4n) is 4.53. The van der Waals surface area contributed by atoms with Crippen LogP contribution in [0.5, 0.6) is 11.5 Å². The number of rotatable bonds is 12. The van der Waals surface area contributed by atoms with E-state index in [1.165, 1.54) is 29.2 Å². The molecule has 9 nitrogen and oxygen atoms in total. The first-order valence-corrected chi connectivity index (χ1v) is 14.3. The van der Waals surface area contributed by atoms with E-state index in [1.807, 2.05) is 34.6 Å². The molecule has 2 aromatic carbocycles. The number of carbonyl (C=O) groups excluding carboxylic acids is 3. The Morgan fingerprint density at radius 3 is 1.90 bits per heavy atom. The van der Waals surface area contributed by atoms with Crippen molar-refractivity contribution in [3.8, 4) is 11.5 Å². The topological polar surface area (TPSA) is 128 Å². The van der Waals surface area contributed by atoms with E-state index in [1.54, 1.807) is 45.0 Å². The molecule has 0 bridgehead atoms. The Morgan fingerprint density at radius 1 is 0.878 bits per heavy atom. The smallest absolute Gasteiger partial charge is 0.408 e. The quantitative estimate of drug-likeness (QED) is 0.264. The Morgan fingerprint density at radius 2 is 1.41 bits per heavy atom. The first kappa shape index (κ1) is 33.5. The van der Waals surface area contributed by atoms with Crippen molar-refractivity contribution in [2.45, 2.75) is 110 Å². The van der Waals surface area contributed by atoms with Crippen molar-refractivity contribution in [3.63, 3.8) is 0 Å². The number of nitrogens with zero attached hydrogens (tertiary/aromatic N) is 1. The van der Waals surface area contributed by atoms with Crippen molar-refractivity contribution in [3.05, 3.63) is 59.7 Å². The number of benzene rings is 2. The molecule has 3 amide bonds. The summed E-state index contributed by atoms with van der Waals surface area (Å²) in [6, 6.07) is 10.4. The van der Waals surface area contributed by atoms with Crippen LogP contribution in [0.15, 0.2) is 48.5 Å². The van der Waals surface area contributed by atoms with Crippen LogP contribution in [0.2, 0.25) is 0 Å². The summed E-state index contributed by atoms with van der Waals surface area (Å²) in [5.41, 5.74) is -0.371. The third-order valence-corrected chi connectivity index (χ3v) is 6.95. The van der Waals surface area contributed by atoms with Gasteiger partial charge in [-0.15, -0.1) is 0 Å². The Bertz CT molecular complexity index is 1160. The molecule has 0 fully saturated rings. The highest BCUT2D eigenvalue weighted by Gasteiger charge is 2.43. The predicted octanol–water partition coefficient (Wildman–Crippen LogP) is 5.60. The van der Waals surface area contributed by atoms with E-state index in [0.29, 0.717) is 17.5 Å². The predicted molar refractivity (Wildman–Crippen MR) is 160 cm³/mol. The van der Waals surface area contributed by atoms with Gasteiger partial charge in [0, 0.05) is 18.0 Å². The van der Waals surface area contributed by atoms with Gasteiger partial charge in [-0.1, -0.05) is 44.5 Å². The van der Waals surface area contributed by atoms with E-state index >= 15 is 0 Å². The molecule has 41 heavy (non-hydrogen) atoms. The molecule has 0 radical (unpaired) electrons. The molecule has 2 rings (SSSR count). The molecular formula is C32H47N3O6. The van der Waals surface area contributed by atoms with Crippen LogP contribution in [-0.4, -0.2) is 56.2 Å². The summed E-state index contributed by atoms with van der Waals surface area (Å²) in [6.07, 6.45) is 1.51. The Balaban J connectivity index is 2.65. The molecular weight excluding hydrogens is 522 g/mol. The lowest BCUT2D eigenvalue weighted by Crippen LogP contribution is -2.60. The van der Waals surface area contributed by atoms with Gasteiger partial charge in [-0.2, -0.15) is 0 Å². The Kier molecular flexibility index (Phi) is 11.6. The van der Waals surface area contributed by atoms with E-state index < -0.39 is 35.2 Å². The minimum atomic E-state index is -1.08. The van der Waals surface area contributed by atoms with Crippen molar-refractivity contribution < 1.29 is 29.3 Å². The van der Waals surface area contributed by atoms with Crippen LogP contribution in [0, 0.1) is 0 Å². The highest BCUT2D eigenvalue weighted by atomic mass is 16.6. The lowest BCUT2D eigenvalue weighted by Gasteiger charge is -2.45. The summed E-state index contributed by atoms with van der Waals surface area (Å²) in [4.78, 5) is 43.0. The summed E-state index contributed by atoms with van der Waals surface area (Å²) in [7, 11) is 0. The maximum absolute atomic E-state index is 14.6. The first-order chi connectivity index (χ1) is 19.1. The average molecular weight is 570 g/mol. The monoisotopic (exact) mass is 569 g/mol. The average Bonchev–Trinajstić information content (AvgIpc) is 2.87. The first-order valence-electron chi connectivity index (χ1n) is 14.3. The van der Waals surface area contributed by atoms with E-state index in [9.17, 15) is 24.6 Å². The summed E-state index contributed by atoms with van der Waals surface area (Å²) in [5, 5.41) is 25.5. The molecule has 4 N–H and O–H groups in total. The number of amides is 3. The highest BCUT2D eigenvalue weighted by molar-refractivity contribution is 5.93. The second kappa shape index (κ2) is 14.2. The molecule has 9 heteroatoms. The van der Waals surface area contributed by atoms with E-state index in [0.717, 1.165) is 12.8 Å². The molecule has 0 saturated carbocycles. The molecule has 226 valence electrons. The largest absolute Gasteiger partial charge is 0.508 e. The maximum atomic E-state index is 14.6. The number of aromatic hydroxyl groups is 2. The van der Waals surface area contributed by atoms with Gasteiger partial charge in [0.1, 0.15) is 29.2 Å². The zero-order valence-corrected chi connectivity index (χ0v) is 25.7. The highest BCUT2D eigenvalue weighted by Crippen LogP contribution is 2.33. The van der Waals surface area contributed by atoms with Crippen LogP contribution >= 0.6 is 0 Å². The van der Waals surface area contributed by atoms with Gasteiger partial charge in [0.15, 0.2) is 0 Å². The van der Waals surface area contributed by atoms with E-state index in [4.69, 9.17) is 4.74 Å². The van der Waals surface area contributed by atoms with Crippen LogP contribution in [0.25, 0.3) is 0 Å². The van der Waals surface area contributed by atoms with Crippen LogP contribution in [0.3, 0.4) is 0 Å². The molecule has 0 aliphatic heterocycles. The van der Waals surface area contributed by atoms with Gasteiger partial charge < -0.3 is 30.5 Å². The molecule has 0 aromatic heterocycles. The second-order valence-electron chi connectivity index (χ2n) is 12.1. The van der Waals surface area contributed by atoms with Crippen molar-refractivity contribution in [2.75, 3.05) is 0 Å². The third-order valence-electron chi connectivity index (χ3n) is 6.95. The molecule has 0 spiro atoms. The van der Waals surface area contributed by atoms with Gasteiger partial charge in [0.05, 0.1) is 0 Å². The summed E-state index contributed by atoms with van der Waals surface area (Å²) < 4.78 is 5.48. The van der Waals surface area contributed by atoms with Crippen LogP contribution in [0.1, 0.15) is 91.8 Å². The van der Waals surface area contributed by atoms with Gasteiger partial charge in [-0.25, -0.2) is 4.79 Å². The molecule has 0 heterocycles. The number of hydrogen-bond donors (Lipinski definition) is 4. The summed E-state index contributed by atoms with van der Waals surface area (Å²) in [5.74, 6) is -0.702. The van der Waals surface area contributed by atoms with Crippen LogP contribution in [0.4, 0.5) is 4.79 Å². The Hall–Kier alpha value is -3.75. The van der Waals surface area contributed by atoms with Crippen molar-refractivity contribution >= 4 is 17.9 Å². The zero-order chi connectivity index (χ0) is 31.0. The number of carbonyl (C=O) groups is 3. The standard InChI is InChI=1S/C32H47N3O6/c1-9-11-21(3)33-28(38)27(23-14-18-25(37)19-15-23)35(32(7,8)10-2)29(39)26(34-30(40)41-31(4,5)6)20-22-12-16-24(36)17-13-22/h12-19,21,26-27,36-37H,9-11,20H2,1-8H3,(H,33,38)(H,34,40). The molecule has 0 aliphatic carbocycles. The van der Waals surface area contributed by atoms with Crippen LogP contribution in [-0.2, 0) is 20.7 Å². The minimum absolute atomic E-state index is 0.0386. The molecule has 3 atom stereocenters. The lowest BCUT2D eigenvalue weighted by atomic mass is 9.91. The normalized spacial score (nSPS) is 14.0. The molecule has 2 aromatic rings. The number of alkyl carbamates (subject to hydrolysis) is 1. The number of phenols is 2. The lowest BCUT2D eigenvalue weighted by molar-refractivity contribution is -0.149. The van der Waals surface area contributed by atoms with E-state index in [2.05, 4.69) is 10.6 Å². The van der Waals surface area contributed by atoms with Crippen molar-refractivity contribution in [1.82, 2.24) is 15.5 Å². The third kappa shape index (κ3) is 9.99. The number of ether oxygens (including phenoxy) is 1. The van der Waals surface area contributed by atoms with Gasteiger partial charge in [-0.05, 0) is 89.8 Å². The van der Waals surface area contributed by atoms with Gasteiger partial charge in [0.25, 0.3) is 0 Å². The van der Waals surface area contributed by atoms with Crippen LogP contribution < -0.4 is 10.6 Å². The van der Waals surface area contributed by atoms with Gasteiger partial charge >= 0.3 is 6.09 Å². The van der Waals surface area contributed by atoms with Gasteiger partial charge in [-0.3, -0.25) is 9.59 Å². The molecule has 0 aliphatic rings. The number of hydrogen-bond acceptors (Lipinski definition) is 6. The Labute approximate surface area is 244 Å². The maximum Gasteiger partial charge on any atom is 0.408 e. The van der Waals surface area contributed by atoms with E-state index in [-0.39, 0.29) is 29.9 Å². The molecule has 3 unspecified atom stereocenters.